The Kier molecular flexibility index (Phi) is 4.43. The molecule has 1 aromatic carbocycles. The van der Waals surface area contributed by atoms with Gasteiger partial charge in [0.2, 0.25) is 0 Å². The summed E-state index contributed by atoms with van der Waals surface area (Å²) in [5, 5.41) is 3.69. The first kappa shape index (κ1) is 18.1. The van der Waals surface area contributed by atoms with Crippen LogP contribution in [0, 0.1) is 6.92 Å². The molecule has 1 amide bonds. The summed E-state index contributed by atoms with van der Waals surface area (Å²) in [5.74, 6) is -0.226. The van der Waals surface area contributed by atoms with E-state index in [1.165, 1.54) is 14.8 Å². The number of thiophene rings is 1. The largest absolute Gasteiger partial charge is 0.348 e. The Balaban J connectivity index is 1.55. The second kappa shape index (κ2) is 7.12. The van der Waals surface area contributed by atoms with Crippen LogP contribution in [0.5, 0.6) is 0 Å². The van der Waals surface area contributed by atoms with Gasteiger partial charge >= 0.3 is 0 Å². The third-order valence-electron chi connectivity index (χ3n) is 5.58. The molecule has 0 saturated carbocycles. The van der Waals surface area contributed by atoms with Gasteiger partial charge in [-0.05, 0) is 55.9 Å². The number of aromatic nitrogens is 2. The lowest BCUT2D eigenvalue weighted by molar-refractivity contribution is 0.0952. The number of amides is 1. The molecule has 1 aliphatic rings. The third kappa shape index (κ3) is 3.13. The Bertz CT molecular complexity index is 1300. The maximum Gasteiger partial charge on any atom is 0.266 e. The van der Waals surface area contributed by atoms with Crippen LogP contribution in [0.1, 0.15) is 44.8 Å². The number of hydrogen-bond acceptors (Lipinski definition) is 4. The SMILES string of the molecule is Cc1ccc(CNC(=O)c2cccn3c(=O)c4c5c(sc4nc23)CCCC5)cc1. The number of nitrogens with zero attached hydrogens (tertiary/aromatic N) is 2. The number of benzene rings is 1. The molecule has 0 saturated heterocycles. The van der Waals surface area contributed by atoms with Crippen molar-refractivity contribution in [3.05, 3.63) is 80.1 Å². The fourth-order valence-electron chi connectivity index (χ4n) is 4.01. The molecule has 146 valence electrons. The van der Waals surface area contributed by atoms with Crippen LogP contribution in [0.15, 0.2) is 47.4 Å². The van der Waals surface area contributed by atoms with E-state index in [1.807, 2.05) is 31.2 Å². The minimum Gasteiger partial charge on any atom is -0.348 e. The Hall–Kier alpha value is -2.99. The number of aryl methyl sites for hydroxylation is 3. The number of hydrogen-bond donors (Lipinski definition) is 1. The summed E-state index contributed by atoms with van der Waals surface area (Å²) in [6.07, 6.45) is 5.93. The predicted octanol–water partition coefficient (Wildman–Crippen LogP) is 4.03. The van der Waals surface area contributed by atoms with Crippen molar-refractivity contribution in [3.63, 3.8) is 0 Å². The summed E-state index contributed by atoms with van der Waals surface area (Å²) >= 11 is 1.60. The van der Waals surface area contributed by atoms with Gasteiger partial charge in [0.15, 0.2) is 5.65 Å². The Morgan fingerprint density at radius 3 is 2.79 bits per heavy atom. The average Bonchev–Trinajstić information content (AvgIpc) is 3.11. The Labute approximate surface area is 172 Å². The first-order valence-corrected chi connectivity index (χ1v) is 10.7. The summed E-state index contributed by atoms with van der Waals surface area (Å²) in [6.45, 7) is 2.46. The van der Waals surface area contributed by atoms with E-state index < -0.39 is 0 Å². The second-order valence-corrected chi connectivity index (χ2v) is 8.68. The lowest BCUT2D eigenvalue weighted by atomic mass is 9.97. The fraction of sp³-hybridized carbons (Fsp3) is 0.261. The molecular formula is C23H21N3O2S. The highest BCUT2D eigenvalue weighted by Gasteiger charge is 2.22. The van der Waals surface area contributed by atoms with Crippen LogP contribution in [0.4, 0.5) is 0 Å². The Morgan fingerprint density at radius 2 is 1.97 bits per heavy atom. The van der Waals surface area contributed by atoms with Crippen molar-refractivity contribution in [2.45, 2.75) is 39.2 Å². The van der Waals surface area contributed by atoms with E-state index in [9.17, 15) is 9.59 Å². The van der Waals surface area contributed by atoms with Gasteiger partial charge in [0.25, 0.3) is 11.5 Å². The van der Waals surface area contributed by atoms with Gasteiger partial charge in [-0.3, -0.25) is 14.0 Å². The molecule has 1 N–H and O–H groups in total. The molecule has 0 spiro atoms. The molecule has 5 nitrogen and oxygen atoms in total. The van der Waals surface area contributed by atoms with Gasteiger partial charge in [0.05, 0.1) is 10.9 Å². The zero-order valence-corrected chi connectivity index (χ0v) is 17.0. The van der Waals surface area contributed by atoms with Crippen LogP contribution in [0.2, 0.25) is 0 Å². The van der Waals surface area contributed by atoms with Crippen molar-refractivity contribution >= 4 is 33.1 Å². The number of fused-ring (bicyclic) bond motifs is 4. The van der Waals surface area contributed by atoms with Crippen LogP contribution in [0.3, 0.4) is 0 Å². The van der Waals surface area contributed by atoms with E-state index in [2.05, 4.69) is 5.32 Å². The van der Waals surface area contributed by atoms with Gasteiger partial charge in [0, 0.05) is 17.6 Å². The summed E-state index contributed by atoms with van der Waals surface area (Å²) in [7, 11) is 0. The van der Waals surface area contributed by atoms with E-state index in [1.54, 1.807) is 29.7 Å². The van der Waals surface area contributed by atoms with Gasteiger partial charge in [-0.15, -0.1) is 11.3 Å². The van der Waals surface area contributed by atoms with Crippen LogP contribution in [-0.2, 0) is 19.4 Å². The normalized spacial score (nSPS) is 13.6. The average molecular weight is 404 g/mol. The summed E-state index contributed by atoms with van der Waals surface area (Å²) in [6, 6.07) is 11.5. The van der Waals surface area contributed by atoms with Gasteiger partial charge in [-0.1, -0.05) is 29.8 Å². The molecule has 0 fully saturated rings. The monoisotopic (exact) mass is 403 g/mol. The zero-order valence-electron chi connectivity index (χ0n) is 16.2. The second-order valence-electron chi connectivity index (χ2n) is 7.59. The van der Waals surface area contributed by atoms with Crippen LogP contribution < -0.4 is 10.9 Å². The van der Waals surface area contributed by atoms with Crippen molar-refractivity contribution in [2.75, 3.05) is 0 Å². The topological polar surface area (TPSA) is 63.5 Å². The van der Waals surface area contributed by atoms with Crippen LogP contribution >= 0.6 is 11.3 Å². The van der Waals surface area contributed by atoms with Gasteiger partial charge in [0.1, 0.15) is 4.83 Å². The van der Waals surface area contributed by atoms with Gasteiger partial charge < -0.3 is 5.32 Å². The molecule has 3 heterocycles. The maximum atomic E-state index is 13.2. The lowest BCUT2D eigenvalue weighted by Gasteiger charge is -2.11. The zero-order chi connectivity index (χ0) is 20.0. The van der Waals surface area contributed by atoms with E-state index in [0.717, 1.165) is 47.0 Å². The number of nitrogens with one attached hydrogen (secondary N) is 1. The fourth-order valence-corrected chi connectivity index (χ4v) is 5.26. The smallest absolute Gasteiger partial charge is 0.266 e. The summed E-state index contributed by atoms with van der Waals surface area (Å²) < 4.78 is 1.52. The number of rotatable bonds is 3. The van der Waals surface area contributed by atoms with Gasteiger partial charge in [-0.2, -0.15) is 0 Å². The van der Waals surface area contributed by atoms with Crippen LogP contribution in [0.25, 0.3) is 15.9 Å². The van der Waals surface area contributed by atoms with Crippen molar-refractivity contribution < 1.29 is 4.79 Å². The minimum atomic E-state index is -0.226. The molecule has 29 heavy (non-hydrogen) atoms. The Morgan fingerprint density at radius 1 is 1.17 bits per heavy atom. The van der Waals surface area contributed by atoms with Crippen molar-refractivity contribution in [3.8, 4) is 0 Å². The highest BCUT2D eigenvalue weighted by Crippen LogP contribution is 2.34. The highest BCUT2D eigenvalue weighted by atomic mass is 32.1. The van der Waals surface area contributed by atoms with E-state index in [0.29, 0.717) is 17.8 Å². The van der Waals surface area contributed by atoms with E-state index in [4.69, 9.17) is 4.98 Å². The van der Waals surface area contributed by atoms with Crippen molar-refractivity contribution in [1.29, 1.82) is 0 Å². The number of carbonyl (C=O) groups excluding carboxylic acids is 1. The first-order valence-electron chi connectivity index (χ1n) is 9.91. The maximum absolute atomic E-state index is 13.2. The number of carbonyl (C=O) groups is 1. The molecule has 1 aliphatic carbocycles. The standard InChI is InChI=1S/C23H21N3O2S/c1-14-8-10-15(11-9-14)13-24-21(27)17-6-4-12-26-20(17)25-22-19(23(26)28)16-5-2-3-7-18(16)29-22/h4,6,8-12H,2-3,5,7,13H2,1H3,(H,24,27). The minimum absolute atomic E-state index is 0.0717. The van der Waals surface area contributed by atoms with E-state index in [-0.39, 0.29) is 11.5 Å². The molecular weight excluding hydrogens is 382 g/mol. The van der Waals surface area contributed by atoms with E-state index >= 15 is 0 Å². The third-order valence-corrected chi connectivity index (χ3v) is 6.76. The molecule has 6 heteroatoms. The molecule has 0 aliphatic heterocycles. The predicted molar refractivity (Wildman–Crippen MR) is 116 cm³/mol. The summed E-state index contributed by atoms with van der Waals surface area (Å²) in [4.78, 5) is 32.9. The molecule has 5 rings (SSSR count). The molecule has 0 bridgehead atoms. The first-order chi connectivity index (χ1) is 14.1. The van der Waals surface area contributed by atoms with Crippen molar-refractivity contribution in [2.24, 2.45) is 0 Å². The van der Waals surface area contributed by atoms with Crippen LogP contribution in [-0.4, -0.2) is 15.3 Å². The molecule has 0 unspecified atom stereocenters. The van der Waals surface area contributed by atoms with Crippen molar-refractivity contribution in [1.82, 2.24) is 14.7 Å². The lowest BCUT2D eigenvalue weighted by Crippen LogP contribution is -2.25. The number of pyridine rings is 1. The molecule has 4 aromatic rings. The highest BCUT2D eigenvalue weighted by molar-refractivity contribution is 7.18. The quantitative estimate of drug-likeness (QED) is 0.562. The molecule has 0 atom stereocenters. The van der Waals surface area contributed by atoms with Gasteiger partial charge in [-0.25, -0.2) is 4.98 Å². The molecule has 0 radical (unpaired) electrons. The molecule has 3 aromatic heterocycles. The summed E-state index contributed by atoms with van der Waals surface area (Å²) in [5.41, 5.74) is 4.15.